The number of hydrogen-bond donors (Lipinski definition) is 0. The third-order valence-electron chi connectivity index (χ3n) is 5.13. The van der Waals surface area contributed by atoms with Crippen molar-refractivity contribution < 1.29 is 12.8 Å². The molecule has 0 saturated carbocycles. The maximum atomic E-state index is 13.1. The van der Waals surface area contributed by atoms with Crippen molar-refractivity contribution in [2.24, 2.45) is 5.41 Å². The Morgan fingerprint density at radius 1 is 1.09 bits per heavy atom. The second-order valence-corrected chi connectivity index (χ2v) is 11.6. The number of imidazole rings is 1. The van der Waals surface area contributed by atoms with Gasteiger partial charge in [0.15, 0.2) is 0 Å². The van der Waals surface area contributed by atoms with Gasteiger partial charge < -0.3 is 0 Å². The molecule has 0 aliphatic heterocycles. The van der Waals surface area contributed by atoms with E-state index in [0.29, 0.717) is 24.4 Å². The Hall–Kier alpha value is -2.58. The SMILES string of the molecule is CC(Cc1ccc(-c2ccc(F)cn2)cc1)c1nc(CC(C)(C)C)cn1S(=O)(=O)N(C)C. The maximum Gasteiger partial charge on any atom is 0.308 e. The number of nitrogens with zero attached hydrogens (tertiary/aromatic N) is 4. The van der Waals surface area contributed by atoms with Crippen molar-refractivity contribution in [1.82, 2.24) is 18.2 Å². The molecule has 1 unspecified atom stereocenters. The first-order chi connectivity index (χ1) is 14.9. The van der Waals surface area contributed by atoms with Crippen LogP contribution < -0.4 is 0 Å². The zero-order valence-corrected chi connectivity index (χ0v) is 20.3. The Labute approximate surface area is 190 Å². The molecule has 0 radical (unpaired) electrons. The lowest BCUT2D eigenvalue weighted by atomic mass is 9.91. The van der Waals surface area contributed by atoms with Crippen LogP contribution in [0.15, 0.2) is 48.8 Å². The van der Waals surface area contributed by atoms with Crippen LogP contribution in [-0.2, 0) is 23.1 Å². The highest BCUT2D eigenvalue weighted by atomic mass is 32.2. The highest BCUT2D eigenvalue weighted by Gasteiger charge is 2.26. The molecule has 32 heavy (non-hydrogen) atoms. The first kappa shape index (κ1) is 24.1. The number of aromatic nitrogens is 3. The van der Waals surface area contributed by atoms with Crippen molar-refractivity contribution in [1.29, 1.82) is 0 Å². The molecule has 0 amide bonds. The zero-order chi connectivity index (χ0) is 23.7. The summed E-state index contributed by atoms with van der Waals surface area (Å²) in [5, 5.41) is 0. The Kier molecular flexibility index (Phi) is 6.86. The Morgan fingerprint density at radius 2 is 1.75 bits per heavy atom. The summed E-state index contributed by atoms with van der Waals surface area (Å²) in [7, 11) is -0.631. The average Bonchev–Trinajstić information content (AvgIpc) is 3.12. The summed E-state index contributed by atoms with van der Waals surface area (Å²) >= 11 is 0. The van der Waals surface area contributed by atoms with Crippen molar-refractivity contribution in [2.45, 2.75) is 46.5 Å². The molecule has 3 aromatic rings. The summed E-state index contributed by atoms with van der Waals surface area (Å²) in [6.45, 7) is 8.30. The van der Waals surface area contributed by atoms with Gasteiger partial charge in [0.2, 0.25) is 0 Å². The van der Waals surface area contributed by atoms with E-state index in [0.717, 1.165) is 16.8 Å². The topological polar surface area (TPSA) is 68.1 Å². The molecule has 6 nitrogen and oxygen atoms in total. The molecule has 8 heteroatoms. The minimum absolute atomic E-state index is 0.00815. The normalized spacial score (nSPS) is 13.5. The van der Waals surface area contributed by atoms with Crippen molar-refractivity contribution in [3.63, 3.8) is 0 Å². The second-order valence-electron chi connectivity index (χ2n) is 9.58. The monoisotopic (exact) mass is 458 g/mol. The number of halogens is 1. The van der Waals surface area contributed by atoms with Gasteiger partial charge in [0.1, 0.15) is 11.6 Å². The molecule has 2 aromatic heterocycles. The Morgan fingerprint density at radius 3 is 2.28 bits per heavy atom. The molecule has 2 heterocycles. The van der Waals surface area contributed by atoms with Crippen molar-refractivity contribution in [3.05, 3.63) is 71.7 Å². The molecular weight excluding hydrogens is 427 g/mol. The largest absolute Gasteiger partial charge is 0.308 e. The van der Waals surface area contributed by atoms with Crippen molar-refractivity contribution in [3.8, 4) is 11.3 Å². The standard InChI is InChI=1S/C24H31FN4O2S/c1-17(13-18-7-9-19(10-8-18)22-12-11-20(25)15-26-22)23-27-21(14-24(2,3)4)16-29(23)32(30,31)28(5)6/h7-12,15-17H,13-14H2,1-6H3. The molecule has 1 aromatic carbocycles. The van der Waals surface area contributed by atoms with E-state index in [2.05, 4.69) is 25.8 Å². The van der Waals surface area contributed by atoms with Gasteiger partial charge in [-0.3, -0.25) is 4.98 Å². The van der Waals surface area contributed by atoms with E-state index < -0.39 is 10.2 Å². The minimum Gasteiger partial charge on any atom is -0.253 e. The summed E-state index contributed by atoms with van der Waals surface area (Å²) in [4.78, 5) is 8.84. The van der Waals surface area contributed by atoms with Gasteiger partial charge in [-0.2, -0.15) is 12.7 Å². The van der Waals surface area contributed by atoms with Gasteiger partial charge in [-0.1, -0.05) is 52.0 Å². The highest BCUT2D eigenvalue weighted by Crippen LogP contribution is 2.27. The smallest absolute Gasteiger partial charge is 0.253 e. The van der Waals surface area contributed by atoms with Crippen LogP contribution in [0, 0.1) is 11.2 Å². The van der Waals surface area contributed by atoms with E-state index in [1.165, 1.54) is 34.6 Å². The Bertz CT molecular complexity index is 1160. The quantitative estimate of drug-likeness (QED) is 0.516. The summed E-state index contributed by atoms with van der Waals surface area (Å²) in [5.41, 5.74) is 3.40. The molecule has 0 aliphatic rings. The third-order valence-corrected chi connectivity index (χ3v) is 6.84. The second kappa shape index (κ2) is 9.11. The first-order valence-electron chi connectivity index (χ1n) is 10.6. The van der Waals surface area contributed by atoms with Crippen LogP contribution in [-0.4, -0.2) is 40.8 Å². The van der Waals surface area contributed by atoms with E-state index in [4.69, 9.17) is 4.98 Å². The van der Waals surface area contributed by atoms with Gasteiger partial charge >= 0.3 is 10.2 Å². The summed E-state index contributed by atoms with van der Waals surface area (Å²) in [6, 6.07) is 10.9. The van der Waals surface area contributed by atoms with Crippen LogP contribution in [0.25, 0.3) is 11.3 Å². The minimum atomic E-state index is -3.68. The predicted octanol–water partition coefficient (Wildman–Crippen LogP) is 4.67. The van der Waals surface area contributed by atoms with E-state index >= 15 is 0 Å². The van der Waals surface area contributed by atoms with E-state index in [1.807, 2.05) is 31.2 Å². The van der Waals surface area contributed by atoms with E-state index in [9.17, 15) is 12.8 Å². The third kappa shape index (κ3) is 5.61. The Balaban J connectivity index is 1.87. The molecule has 1 atom stereocenters. The van der Waals surface area contributed by atoms with Crippen LogP contribution in [0.2, 0.25) is 0 Å². The molecule has 172 valence electrons. The highest BCUT2D eigenvalue weighted by molar-refractivity contribution is 7.87. The number of rotatable bonds is 7. The maximum absolute atomic E-state index is 13.1. The van der Waals surface area contributed by atoms with Gasteiger partial charge in [0.25, 0.3) is 0 Å². The van der Waals surface area contributed by atoms with Gasteiger partial charge in [-0.25, -0.2) is 13.3 Å². The average molecular weight is 459 g/mol. The van der Waals surface area contributed by atoms with E-state index in [-0.39, 0.29) is 17.2 Å². The van der Waals surface area contributed by atoms with Crippen LogP contribution in [0.3, 0.4) is 0 Å². The van der Waals surface area contributed by atoms with Crippen molar-refractivity contribution in [2.75, 3.05) is 14.1 Å². The molecule has 0 saturated heterocycles. The predicted molar refractivity (Wildman–Crippen MR) is 125 cm³/mol. The van der Waals surface area contributed by atoms with Crippen LogP contribution in [0.5, 0.6) is 0 Å². The lowest BCUT2D eigenvalue weighted by molar-refractivity contribution is 0.406. The van der Waals surface area contributed by atoms with E-state index in [1.54, 1.807) is 12.3 Å². The molecule has 0 aliphatic carbocycles. The molecular formula is C24H31FN4O2S. The summed E-state index contributed by atoms with van der Waals surface area (Å²) in [5.74, 6) is 0.0451. The van der Waals surface area contributed by atoms with Gasteiger partial charge in [0, 0.05) is 31.8 Å². The molecule has 0 bridgehead atoms. The molecule has 0 spiro atoms. The fourth-order valence-electron chi connectivity index (χ4n) is 3.55. The van der Waals surface area contributed by atoms with Crippen LogP contribution >= 0.6 is 0 Å². The summed E-state index contributed by atoms with van der Waals surface area (Å²) in [6.07, 6.45) is 4.16. The fourth-order valence-corrected chi connectivity index (χ4v) is 4.61. The number of hydrogen-bond acceptors (Lipinski definition) is 4. The number of benzene rings is 1. The van der Waals surface area contributed by atoms with Crippen LogP contribution in [0.1, 0.15) is 50.7 Å². The lowest BCUT2D eigenvalue weighted by Gasteiger charge is -2.17. The van der Waals surface area contributed by atoms with Crippen LogP contribution in [0.4, 0.5) is 4.39 Å². The van der Waals surface area contributed by atoms with Gasteiger partial charge in [-0.15, -0.1) is 0 Å². The lowest BCUT2D eigenvalue weighted by Crippen LogP contribution is -2.30. The fraction of sp³-hybridized carbons (Fsp3) is 0.417. The first-order valence-corrected chi connectivity index (χ1v) is 12.0. The molecule has 0 fully saturated rings. The zero-order valence-electron chi connectivity index (χ0n) is 19.5. The van der Waals surface area contributed by atoms with Gasteiger partial charge in [-0.05, 0) is 36.0 Å². The molecule has 3 rings (SSSR count). The molecule has 0 N–H and O–H groups in total. The van der Waals surface area contributed by atoms with Crippen molar-refractivity contribution >= 4 is 10.2 Å². The number of pyridine rings is 1. The summed E-state index contributed by atoms with van der Waals surface area (Å²) < 4.78 is 41.5. The van der Waals surface area contributed by atoms with Gasteiger partial charge in [0.05, 0.1) is 17.6 Å².